The summed E-state index contributed by atoms with van der Waals surface area (Å²) in [4.78, 5) is 0. The van der Waals surface area contributed by atoms with Crippen LogP contribution in [-0.2, 0) is 0 Å². The smallest absolute Gasteiger partial charge is 0.127 e. The van der Waals surface area contributed by atoms with E-state index >= 15 is 0 Å². The molecule has 8 rings (SSSR count). The molecule has 0 aliphatic heterocycles. The summed E-state index contributed by atoms with van der Waals surface area (Å²) in [5.74, 6) is 7.18. The third-order valence-corrected chi connectivity index (χ3v) is 16.0. The Labute approximate surface area is 423 Å². The Morgan fingerprint density at radius 2 is 0.714 bits per heavy atom. The zero-order valence-corrected chi connectivity index (χ0v) is 43.3. The standard InChI is InChI=1S/C66H86O4/c1-3-5-11-21-51-27-31-53(32-28-51)55-35-41-59(42-36-55)67-47-17-7-9-19-49-69-63-45-39-57-23-13-15-25-61(57)65(63)66-62-26-16-14-24-58(62)40-46-64(66)70-50-20-10-8-18-48-68-60-43-37-56(38-44-60)54-33-29-52(30-34-54)22-12-6-4-2/h13-16,23-26,35-46,51-54H,3-12,17-22,27-34,47-50H2,1-2H3. The van der Waals surface area contributed by atoms with Crippen molar-refractivity contribution in [1.29, 1.82) is 0 Å². The van der Waals surface area contributed by atoms with E-state index in [0.29, 0.717) is 13.2 Å². The quantitative estimate of drug-likeness (QED) is 0.0439. The SMILES string of the molecule is CCCCCC1CCC(c2ccc(OCCCCCCOc3ccc4ccccc4c3-c3c(OCCCCCCOc4ccc(C5CCC(CCCCC)CC5)cc4)ccc4ccccc34)cc2)CC1. The molecule has 0 radical (unpaired) electrons. The minimum Gasteiger partial charge on any atom is -0.494 e. The number of hydrogen-bond acceptors (Lipinski definition) is 4. The largest absolute Gasteiger partial charge is 0.494 e. The van der Waals surface area contributed by atoms with Gasteiger partial charge in [0.05, 0.1) is 26.4 Å². The molecule has 4 heteroatoms. The predicted octanol–water partition coefficient (Wildman–Crippen LogP) is 19.4. The van der Waals surface area contributed by atoms with Crippen LogP contribution in [0.25, 0.3) is 32.7 Å². The van der Waals surface area contributed by atoms with Gasteiger partial charge in [0.1, 0.15) is 23.0 Å². The molecule has 4 nitrogen and oxygen atoms in total. The van der Waals surface area contributed by atoms with Gasteiger partial charge in [-0.25, -0.2) is 0 Å². The first-order chi connectivity index (χ1) is 34.7. The summed E-state index contributed by atoms with van der Waals surface area (Å²) in [5.41, 5.74) is 5.24. The molecule has 0 N–H and O–H groups in total. The zero-order valence-electron chi connectivity index (χ0n) is 43.3. The summed E-state index contributed by atoms with van der Waals surface area (Å²) in [6.07, 6.45) is 30.6. The topological polar surface area (TPSA) is 36.9 Å². The lowest BCUT2D eigenvalue weighted by atomic mass is 9.77. The average molecular weight is 943 g/mol. The summed E-state index contributed by atoms with van der Waals surface area (Å²) in [6.45, 7) is 7.47. The molecule has 0 aromatic heterocycles. The van der Waals surface area contributed by atoms with Crippen LogP contribution in [0, 0.1) is 11.8 Å². The number of hydrogen-bond donors (Lipinski definition) is 0. The van der Waals surface area contributed by atoms with Crippen LogP contribution < -0.4 is 18.9 Å². The Morgan fingerprint density at radius 3 is 1.10 bits per heavy atom. The van der Waals surface area contributed by atoms with Crippen LogP contribution in [0.1, 0.15) is 191 Å². The van der Waals surface area contributed by atoms with E-state index in [9.17, 15) is 0 Å². The van der Waals surface area contributed by atoms with E-state index in [4.69, 9.17) is 18.9 Å². The van der Waals surface area contributed by atoms with E-state index in [1.54, 1.807) is 0 Å². The van der Waals surface area contributed by atoms with Gasteiger partial charge in [0.15, 0.2) is 0 Å². The van der Waals surface area contributed by atoms with Crippen molar-refractivity contribution in [3.8, 4) is 34.1 Å². The van der Waals surface area contributed by atoms with E-state index in [2.05, 4.69) is 135 Å². The maximum absolute atomic E-state index is 6.73. The lowest BCUT2D eigenvalue weighted by molar-refractivity contribution is 0.286. The van der Waals surface area contributed by atoms with Gasteiger partial charge >= 0.3 is 0 Å². The lowest BCUT2D eigenvalue weighted by Crippen LogP contribution is -2.13. The molecule has 0 heterocycles. The third kappa shape index (κ3) is 15.0. The van der Waals surface area contributed by atoms with E-state index in [1.165, 1.54) is 135 Å². The molecule has 2 saturated carbocycles. The monoisotopic (exact) mass is 943 g/mol. The summed E-state index contributed by atoms with van der Waals surface area (Å²) in [7, 11) is 0. The Kier molecular flexibility index (Phi) is 20.7. The number of rotatable bonds is 29. The highest BCUT2D eigenvalue weighted by atomic mass is 16.5. The van der Waals surface area contributed by atoms with Gasteiger partial charge in [-0.3, -0.25) is 0 Å². The van der Waals surface area contributed by atoms with Gasteiger partial charge in [0, 0.05) is 11.1 Å². The Bertz CT molecular complexity index is 2230. The van der Waals surface area contributed by atoms with Crippen molar-refractivity contribution in [2.75, 3.05) is 26.4 Å². The molecular formula is C66H86O4. The van der Waals surface area contributed by atoms with Crippen molar-refractivity contribution in [2.24, 2.45) is 11.8 Å². The molecule has 2 aliphatic rings. The molecule has 2 aliphatic carbocycles. The van der Waals surface area contributed by atoms with Gasteiger partial charge in [0.25, 0.3) is 0 Å². The van der Waals surface area contributed by atoms with E-state index < -0.39 is 0 Å². The molecule has 0 atom stereocenters. The van der Waals surface area contributed by atoms with Gasteiger partial charge in [-0.2, -0.15) is 0 Å². The second-order valence-electron chi connectivity index (χ2n) is 21.1. The Hall–Kier alpha value is -4.96. The molecule has 0 bridgehead atoms. The maximum Gasteiger partial charge on any atom is 0.127 e. The van der Waals surface area contributed by atoms with Gasteiger partial charge in [-0.15, -0.1) is 0 Å². The first kappa shape index (κ1) is 51.4. The van der Waals surface area contributed by atoms with Crippen molar-refractivity contribution in [1.82, 2.24) is 0 Å². The molecule has 2 fully saturated rings. The minimum absolute atomic E-state index is 0.671. The lowest BCUT2D eigenvalue weighted by Gasteiger charge is -2.29. The normalized spacial score (nSPS) is 18.3. The van der Waals surface area contributed by atoms with Crippen molar-refractivity contribution in [3.63, 3.8) is 0 Å². The van der Waals surface area contributed by atoms with Crippen LogP contribution in [0.3, 0.4) is 0 Å². The van der Waals surface area contributed by atoms with Crippen LogP contribution in [0.4, 0.5) is 0 Å². The van der Waals surface area contributed by atoms with E-state index in [0.717, 1.165) is 122 Å². The second kappa shape index (κ2) is 28.2. The number of ether oxygens (including phenoxy) is 4. The van der Waals surface area contributed by atoms with Gasteiger partial charge in [-0.1, -0.05) is 150 Å². The fourth-order valence-corrected chi connectivity index (χ4v) is 11.7. The Balaban J connectivity index is 0.773. The minimum atomic E-state index is 0.671. The van der Waals surface area contributed by atoms with Crippen molar-refractivity contribution >= 4 is 21.5 Å². The first-order valence-electron chi connectivity index (χ1n) is 28.4. The van der Waals surface area contributed by atoms with E-state index in [1.807, 2.05) is 0 Å². The van der Waals surface area contributed by atoms with Crippen LogP contribution in [0.5, 0.6) is 23.0 Å². The van der Waals surface area contributed by atoms with E-state index in [-0.39, 0.29) is 0 Å². The highest BCUT2D eigenvalue weighted by Gasteiger charge is 2.24. The third-order valence-electron chi connectivity index (χ3n) is 16.0. The Morgan fingerprint density at radius 1 is 0.343 bits per heavy atom. The van der Waals surface area contributed by atoms with Gasteiger partial charge in [-0.05, 0) is 195 Å². The highest BCUT2D eigenvalue weighted by Crippen LogP contribution is 2.46. The van der Waals surface area contributed by atoms with Crippen molar-refractivity contribution in [3.05, 3.63) is 132 Å². The van der Waals surface area contributed by atoms with Crippen molar-refractivity contribution < 1.29 is 18.9 Å². The average Bonchev–Trinajstić information content (AvgIpc) is 3.41. The van der Waals surface area contributed by atoms with Crippen LogP contribution in [0.15, 0.2) is 121 Å². The first-order valence-corrected chi connectivity index (χ1v) is 28.4. The molecule has 6 aromatic carbocycles. The fraction of sp³-hybridized carbons (Fsp3) is 0.515. The molecule has 70 heavy (non-hydrogen) atoms. The molecular weight excluding hydrogens is 857 g/mol. The number of unbranched alkanes of at least 4 members (excludes halogenated alkanes) is 10. The predicted molar refractivity (Wildman–Crippen MR) is 296 cm³/mol. The van der Waals surface area contributed by atoms with Gasteiger partial charge < -0.3 is 18.9 Å². The highest BCUT2D eigenvalue weighted by molar-refractivity contribution is 6.09. The number of benzene rings is 6. The molecule has 0 spiro atoms. The second-order valence-corrected chi connectivity index (χ2v) is 21.1. The zero-order chi connectivity index (χ0) is 48.0. The summed E-state index contributed by atoms with van der Waals surface area (Å²) >= 11 is 0. The maximum atomic E-state index is 6.73. The summed E-state index contributed by atoms with van der Waals surface area (Å²) in [5, 5.41) is 4.78. The molecule has 0 amide bonds. The van der Waals surface area contributed by atoms with Crippen LogP contribution in [0.2, 0.25) is 0 Å². The fourth-order valence-electron chi connectivity index (χ4n) is 11.7. The number of fused-ring (bicyclic) bond motifs is 2. The summed E-state index contributed by atoms with van der Waals surface area (Å²) < 4.78 is 25.9. The van der Waals surface area contributed by atoms with Crippen LogP contribution in [-0.4, -0.2) is 26.4 Å². The summed E-state index contributed by atoms with van der Waals surface area (Å²) in [6, 6.07) is 44.2. The molecule has 6 aromatic rings. The molecule has 374 valence electrons. The van der Waals surface area contributed by atoms with Crippen molar-refractivity contribution in [2.45, 2.75) is 180 Å². The van der Waals surface area contributed by atoms with Gasteiger partial charge in [0.2, 0.25) is 0 Å². The van der Waals surface area contributed by atoms with Crippen LogP contribution >= 0.6 is 0 Å². The molecule has 0 unspecified atom stereocenters. The molecule has 0 saturated heterocycles.